The number of aromatic amines is 4. The second-order valence-corrected chi connectivity index (χ2v) is 12.6. The number of carbonyl (C=O) groups is 2. The average Bonchev–Trinajstić information content (AvgIpc) is 4.00. The largest absolute Gasteiger partial charge is 0.347 e. The van der Waals surface area contributed by atoms with Gasteiger partial charge in [-0.2, -0.15) is 0 Å². The highest BCUT2D eigenvalue weighted by molar-refractivity contribution is 5.92. The van der Waals surface area contributed by atoms with E-state index in [-0.39, 0.29) is 24.9 Å². The summed E-state index contributed by atoms with van der Waals surface area (Å²) in [5, 5.41) is 8.29. The van der Waals surface area contributed by atoms with Crippen molar-refractivity contribution in [3.63, 3.8) is 0 Å². The van der Waals surface area contributed by atoms with E-state index in [1.165, 1.54) is 0 Å². The normalized spacial score (nSPS) is 11.3. The Morgan fingerprint density at radius 2 is 1.25 bits per heavy atom. The number of hydrogen-bond donors (Lipinski definition) is 6. The molecule has 0 saturated carbocycles. The first-order valence-electron chi connectivity index (χ1n) is 17.5. The number of fused-ring (bicyclic) bond motifs is 2. The zero-order valence-corrected chi connectivity index (χ0v) is 29.2. The smallest absolute Gasteiger partial charge is 0.242 e. The van der Waals surface area contributed by atoms with Crippen molar-refractivity contribution in [2.45, 2.75) is 39.8 Å². The van der Waals surface area contributed by atoms with Crippen LogP contribution >= 0.6 is 0 Å². The molecular formula is C38H42N12O2. The third-order valence-corrected chi connectivity index (χ3v) is 8.83. The maximum Gasteiger partial charge on any atom is 0.242 e. The maximum absolute atomic E-state index is 13.0. The van der Waals surface area contributed by atoms with Crippen LogP contribution in [-0.4, -0.2) is 87.7 Å². The molecule has 0 unspecified atom stereocenters. The van der Waals surface area contributed by atoms with Crippen LogP contribution in [0.5, 0.6) is 0 Å². The van der Waals surface area contributed by atoms with Gasteiger partial charge in [0.1, 0.15) is 11.6 Å². The minimum absolute atomic E-state index is 0.0209. The van der Waals surface area contributed by atoms with Gasteiger partial charge in [0.15, 0.2) is 0 Å². The zero-order chi connectivity index (χ0) is 35.9. The summed E-state index contributed by atoms with van der Waals surface area (Å²) in [5.41, 5.74) is 5.85. The Hall–Kier alpha value is -6.44. The van der Waals surface area contributed by atoms with Crippen LogP contribution in [0, 0.1) is 0 Å². The highest BCUT2D eigenvalue weighted by Crippen LogP contribution is 2.30. The van der Waals surface area contributed by atoms with Gasteiger partial charge < -0.3 is 40.4 Å². The average molecular weight is 699 g/mol. The highest BCUT2D eigenvalue weighted by atomic mass is 16.2. The molecule has 3 aromatic carbocycles. The van der Waals surface area contributed by atoms with Crippen LogP contribution in [-0.2, 0) is 22.7 Å². The molecule has 52 heavy (non-hydrogen) atoms. The molecule has 2 amide bonds. The topological polar surface area (TPSA) is 179 Å². The first-order valence-corrected chi connectivity index (χ1v) is 17.5. The summed E-state index contributed by atoms with van der Waals surface area (Å²) in [7, 11) is 0. The van der Waals surface area contributed by atoms with Crippen molar-refractivity contribution in [2.75, 3.05) is 36.8 Å². The minimum Gasteiger partial charge on any atom is -0.347 e. The molecule has 0 radical (unpaired) electrons. The number of anilines is 2. The van der Waals surface area contributed by atoms with Crippen LogP contribution in [0.4, 0.5) is 11.9 Å². The highest BCUT2D eigenvalue weighted by Gasteiger charge is 2.17. The first kappa shape index (κ1) is 34.0. The number of rotatable bonds is 16. The molecule has 4 heterocycles. The molecule has 14 heteroatoms. The molecule has 0 bridgehead atoms. The summed E-state index contributed by atoms with van der Waals surface area (Å²) in [6.45, 7) is 6.46. The Morgan fingerprint density at radius 1 is 0.673 bits per heavy atom. The summed E-state index contributed by atoms with van der Waals surface area (Å²) in [6, 6.07) is 19.0. The van der Waals surface area contributed by atoms with Crippen LogP contribution < -0.4 is 10.6 Å². The van der Waals surface area contributed by atoms with E-state index in [9.17, 15) is 9.59 Å². The number of carbonyl (C=O) groups excluding carboxylic acids is 2. The minimum atomic E-state index is -0.0226. The van der Waals surface area contributed by atoms with Gasteiger partial charge in [0.05, 0.1) is 49.1 Å². The van der Waals surface area contributed by atoms with Crippen molar-refractivity contribution >= 4 is 45.5 Å². The van der Waals surface area contributed by atoms with E-state index < -0.39 is 0 Å². The molecule has 0 atom stereocenters. The Morgan fingerprint density at radius 3 is 1.87 bits per heavy atom. The summed E-state index contributed by atoms with van der Waals surface area (Å²) in [5.74, 6) is 2.57. The van der Waals surface area contributed by atoms with E-state index in [1.807, 2.05) is 12.3 Å². The number of imidazole rings is 4. The molecule has 6 N–H and O–H groups in total. The number of hydrogen-bond acceptors (Lipinski definition) is 8. The van der Waals surface area contributed by atoms with E-state index in [4.69, 9.17) is 4.98 Å². The second-order valence-electron chi connectivity index (χ2n) is 12.6. The van der Waals surface area contributed by atoms with E-state index in [2.05, 4.69) is 108 Å². The Bertz CT molecular complexity index is 2250. The van der Waals surface area contributed by atoms with E-state index >= 15 is 0 Å². The molecular weight excluding hydrogens is 656 g/mol. The number of aromatic nitrogens is 8. The van der Waals surface area contributed by atoms with Crippen LogP contribution in [0.25, 0.3) is 44.2 Å². The predicted octanol–water partition coefficient (Wildman–Crippen LogP) is 5.92. The zero-order valence-electron chi connectivity index (χ0n) is 29.2. The molecule has 0 aliphatic heterocycles. The van der Waals surface area contributed by atoms with Crippen molar-refractivity contribution < 1.29 is 9.59 Å². The first-order chi connectivity index (χ1) is 25.4. The van der Waals surface area contributed by atoms with Crippen molar-refractivity contribution in [1.82, 2.24) is 49.7 Å². The molecule has 4 aromatic heterocycles. The fourth-order valence-corrected chi connectivity index (χ4v) is 6.25. The number of nitrogens with zero attached hydrogens (tertiary/aromatic N) is 6. The summed E-state index contributed by atoms with van der Waals surface area (Å²) in [4.78, 5) is 59.9. The monoisotopic (exact) mass is 698 g/mol. The standard InChI is InChI=1S/C38H42N12O2/c1-3-15-49(35(51)21-44-37-39-11-12-40-37)23-33-43-20-32(48-33)29-8-7-25-17-26(5-6-27(25)18-29)28-9-10-30-31(19-28)47-34(46-30)24-50(16-4-2)36(52)22-45-38-41-13-14-42-38/h5-14,17-20H,3-4,15-16,21-24H2,1-2H3,(H,43,48)(H,46,47)(H2,39,40,44)(H2,41,42,45). The van der Waals surface area contributed by atoms with Crippen molar-refractivity contribution in [3.05, 3.63) is 97.2 Å². The van der Waals surface area contributed by atoms with Gasteiger partial charge in [0.25, 0.3) is 0 Å². The molecule has 0 fully saturated rings. The Labute approximate surface area is 300 Å². The number of nitrogens with one attached hydrogen (secondary N) is 6. The number of H-pyrrole nitrogens is 4. The van der Waals surface area contributed by atoms with Crippen LogP contribution in [0.3, 0.4) is 0 Å². The van der Waals surface area contributed by atoms with Crippen molar-refractivity contribution in [1.29, 1.82) is 0 Å². The van der Waals surface area contributed by atoms with Crippen LogP contribution in [0.1, 0.15) is 38.3 Å². The molecule has 7 aromatic rings. The molecule has 0 aliphatic rings. The van der Waals surface area contributed by atoms with E-state index in [1.54, 1.807) is 34.6 Å². The number of benzene rings is 3. The quantitative estimate of drug-likeness (QED) is 0.0720. The van der Waals surface area contributed by atoms with Gasteiger partial charge in [-0.15, -0.1) is 0 Å². The summed E-state index contributed by atoms with van der Waals surface area (Å²) in [6.07, 6.45) is 10.2. The van der Waals surface area contributed by atoms with Crippen LogP contribution in [0.15, 0.2) is 85.6 Å². The van der Waals surface area contributed by atoms with Gasteiger partial charge in [0, 0.05) is 43.4 Å². The van der Waals surface area contributed by atoms with E-state index in [0.717, 1.165) is 68.7 Å². The number of amides is 2. The molecule has 7 rings (SSSR count). The van der Waals surface area contributed by atoms with Crippen molar-refractivity contribution in [2.24, 2.45) is 0 Å². The Kier molecular flexibility index (Phi) is 10.2. The second kappa shape index (κ2) is 15.6. The lowest BCUT2D eigenvalue weighted by molar-refractivity contribution is -0.130. The van der Waals surface area contributed by atoms with Crippen molar-refractivity contribution in [3.8, 4) is 22.4 Å². The van der Waals surface area contributed by atoms with Gasteiger partial charge in [-0.25, -0.2) is 19.9 Å². The lowest BCUT2D eigenvalue weighted by Gasteiger charge is -2.21. The SMILES string of the molecule is CCCN(Cc1ncc(-c2ccc3cc(-c4ccc5nc(CN(CCC)C(=O)CNc6ncc[nH]6)[nH]c5c4)ccc3c2)[nH]1)C(=O)CNc1ncc[nH]1. The molecule has 0 aliphatic carbocycles. The molecule has 0 spiro atoms. The lowest BCUT2D eigenvalue weighted by atomic mass is 9.99. The van der Waals surface area contributed by atoms with E-state index in [0.29, 0.717) is 38.1 Å². The van der Waals surface area contributed by atoms with Gasteiger partial charge in [-0.1, -0.05) is 44.2 Å². The fraction of sp³-hybridized carbons (Fsp3) is 0.263. The molecule has 14 nitrogen and oxygen atoms in total. The summed E-state index contributed by atoms with van der Waals surface area (Å²) >= 11 is 0. The van der Waals surface area contributed by atoms with Gasteiger partial charge in [-0.05, 0) is 59.0 Å². The van der Waals surface area contributed by atoms with Gasteiger partial charge in [-0.3, -0.25) is 9.59 Å². The maximum atomic E-state index is 13.0. The summed E-state index contributed by atoms with van der Waals surface area (Å²) < 4.78 is 0. The molecule has 0 saturated heterocycles. The Balaban J connectivity index is 1.02. The predicted molar refractivity (Wildman–Crippen MR) is 202 cm³/mol. The van der Waals surface area contributed by atoms with Gasteiger partial charge in [0.2, 0.25) is 23.7 Å². The third kappa shape index (κ3) is 7.96. The van der Waals surface area contributed by atoms with Crippen LogP contribution in [0.2, 0.25) is 0 Å². The van der Waals surface area contributed by atoms with Gasteiger partial charge >= 0.3 is 0 Å². The third-order valence-electron chi connectivity index (χ3n) is 8.83. The lowest BCUT2D eigenvalue weighted by Crippen LogP contribution is -2.36. The fourth-order valence-electron chi connectivity index (χ4n) is 6.25. The molecule has 266 valence electrons.